The Hall–Kier alpha value is -1.35. The summed E-state index contributed by atoms with van der Waals surface area (Å²) in [7, 11) is 0. The van der Waals surface area contributed by atoms with Gasteiger partial charge in [-0.05, 0) is 27.7 Å². The first-order valence-corrected chi connectivity index (χ1v) is 4.05. The standard InChI is InChI=1S/C7H14N2.CH4N2O/c1-6(2)8-5-9-7(3)4;2-1(3)4/h6-7H,1-4H3;(H4,2,3,4). The molecule has 2 amide bonds. The Balaban J connectivity index is 0. The Morgan fingerprint density at radius 2 is 1.31 bits per heavy atom. The predicted molar refractivity (Wildman–Crippen MR) is 53.9 cm³/mol. The van der Waals surface area contributed by atoms with Crippen molar-refractivity contribution in [1.29, 1.82) is 0 Å². The second-order valence-electron chi connectivity index (χ2n) is 2.95. The van der Waals surface area contributed by atoms with Crippen LogP contribution in [0.25, 0.3) is 0 Å². The van der Waals surface area contributed by atoms with Crippen LogP contribution in [0.4, 0.5) is 4.79 Å². The summed E-state index contributed by atoms with van der Waals surface area (Å²) in [5.74, 6) is 0. The molecule has 0 saturated carbocycles. The molecule has 0 aromatic heterocycles. The molecule has 0 rings (SSSR count). The van der Waals surface area contributed by atoms with E-state index in [-0.39, 0.29) is 0 Å². The van der Waals surface area contributed by atoms with Crippen LogP contribution in [0.5, 0.6) is 0 Å². The third-order valence-corrected chi connectivity index (χ3v) is 0.632. The average molecular weight is 186 g/mol. The molecule has 0 aliphatic carbocycles. The summed E-state index contributed by atoms with van der Waals surface area (Å²) >= 11 is 0. The lowest BCUT2D eigenvalue weighted by Gasteiger charge is -1.89. The molecule has 0 spiro atoms. The van der Waals surface area contributed by atoms with Gasteiger partial charge < -0.3 is 11.5 Å². The summed E-state index contributed by atoms with van der Waals surface area (Å²) in [5, 5.41) is 0. The van der Waals surface area contributed by atoms with E-state index in [0.717, 1.165) is 0 Å². The number of aliphatic imine (C=N–C) groups is 2. The maximum atomic E-state index is 9.00. The van der Waals surface area contributed by atoms with E-state index in [4.69, 9.17) is 4.79 Å². The molecule has 0 radical (unpaired) electrons. The van der Waals surface area contributed by atoms with Crippen LogP contribution in [0.3, 0.4) is 0 Å². The number of urea groups is 1. The summed E-state index contributed by atoms with van der Waals surface area (Å²) in [6.07, 6.45) is 0. The summed E-state index contributed by atoms with van der Waals surface area (Å²) in [6.45, 7) is 8.01. The molecule has 0 fully saturated rings. The lowest BCUT2D eigenvalue weighted by atomic mass is 10.4. The van der Waals surface area contributed by atoms with Gasteiger partial charge in [-0.3, -0.25) is 0 Å². The summed E-state index contributed by atoms with van der Waals surface area (Å²) in [6, 6.07) is 2.43. The molecule has 13 heavy (non-hydrogen) atoms. The van der Waals surface area contributed by atoms with Crippen LogP contribution < -0.4 is 11.5 Å². The van der Waals surface area contributed by atoms with E-state index in [2.05, 4.69) is 27.5 Å². The highest BCUT2D eigenvalue weighted by Crippen LogP contribution is 1.84. The molecule has 5 nitrogen and oxygen atoms in total. The van der Waals surface area contributed by atoms with E-state index in [1.165, 1.54) is 0 Å². The van der Waals surface area contributed by atoms with Crippen LogP contribution >= 0.6 is 0 Å². The molecule has 5 heteroatoms. The number of amides is 2. The zero-order valence-corrected chi connectivity index (χ0v) is 8.61. The van der Waals surface area contributed by atoms with E-state index in [1.54, 1.807) is 0 Å². The monoisotopic (exact) mass is 186 g/mol. The molecule has 0 unspecified atom stereocenters. The SMILES string of the molecule is CC(C)N=C=NC(C)C.NC(N)=O. The number of rotatable bonds is 2. The van der Waals surface area contributed by atoms with Crippen molar-refractivity contribution >= 4 is 12.0 Å². The van der Waals surface area contributed by atoms with Gasteiger partial charge >= 0.3 is 6.03 Å². The predicted octanol–water partition coefficient (Wildman–Crippen LogP) is 1.00. The van der Waals surface area contributed by atoms with Crippen LogP contribution in [-0.2, 0) is 0 Å². The van der Waals surface area contributed by atoms with Crippen molar-refractivity contribution in [2.24, 2.45) is 21.5 Å². The number of carbonyl (C=O) groups excluding carboxylic acids is 1. The number of primary amides is 2. The largest absolute Gasteiger partial charge is 0.352 e. The third kappa shape index (κ3) is 36.9. The van der Waals surface area contributed by atoms with E-state index in [9.17, 15) is 0 Å². The van der Waals surface area contributed by atoms with Crippen molar-refractivity contribution < 1.29 is 4.79 Å². The molecule has 0 bridgehead atoms. The van der Waals surface area contributed by atoms with Gasteiger partial charge in [0.05, 0.1) is 18.1 Å². The zero-order valence-electron chi connectivity index (χ0n) is 8.61. The Bertz CT molecular complexity index is 176. The first-order valence-electron chi connectivity index (χ1n) is 4.05. The highest BCUT2D eigenvalue weighted by atomic mass is 16.2. The van der Waals surface area contributed by atoms with Crippen LogP contribution in [0.2, 0.25) is 0 Å². The number of nitrogens with zero attached hydrogens (tertiary/aromatic N) is 2. The van der Waals surface area contributed by atoms with Crippen LogP contribution in [-0.4, -0.2) is 24.1 Å². The number of carbonyl (C=O) groups is 1. The van der Waals surface area contributed by atoms with Gasteiger partial charge in [0.2, 0.25) is 0 Å². The molecule has 0 heterocycles. The quantitative estimate of drug-likeness (QED) is 0.618. The van der Waals surface area contributed by atoms with E-state index >= 15 is 0 Å². The van der Waals surface area contributed by atoms with E-state index < -0.39 is 6.03 Å². The van der Waals surface area contributed by atoms with Gasteiger partial charge in [-0.1, -0.05) is 0 Å². The molecular formula is C8H18N4O. The smallest absolute Gasteiger partial charge is 0.309 e. The highest BCUT2D eigenvalue weighted by molar-refractivity contribution is 5.69. The fourth-order valence-corrected chi connectivity index (χ4v) is 0.264. The minimum Gasteiger partial charge on any atom is -0.352 e. The fraction of sp³-hybridized carbons (Fsp3) is 0.750. The molecule has 0 atom stereocenters. The normalized spacial score (nSPS) is 8.46. The van der Waals surface area contributed by atoms with Crippen molar-refractivity contribution in [3.63, 3.8) is 0 Å². The van der Waals surface area contributed by atoms with E-state index in [0.29, 0.717) is 12.1 Å². The van der Waals surface area contributed by atoms with Crippen molar-refractivity contribution in [3.05, 3.63) is 0 Å². The molecule has 0 aliphatic rings. The molecule has 0 aromatic carbocycles. The minimum atomic E-state index is -0.833. The summed E-state index contributed by atoms with van der Waals surface area (Å²) in [5.41, 5.74) is 8.50. The topological polar surface area (TPSA) is 93.8 Å². The molecular weight excluding hydrogens is 168 g/mol. The van der Waals surface area contributed by atoms with Gasteiger partial charge in [0.1, 0.15) is 0 Å². The van der Waals surface area contributed by atoms with Crippen LogP contribution in [0.15, 0.2) is 9.98 Å². The molecule has 0 saturated heterocycles. The van der Waals surface area contributed by atoms with Gasteiger partial charge in [0, 0.05) is 0 Å². The lowest BCUT2D eigenvalue weighted by Crippen LogP contribution is -2.18. The Morgan fingerprint density at radius 1 is 1.08 bits per heavy atom. The second kappa shape index (κ2) is 8.74. The first-order chi connectivity index (χ1) is 5.86. The van der Waals surface area contributed by atoms with Crippen molar-refractivity contribution in [2.75, 3.05) is 0 Å². The Morgan fingerprint density at radius 3 is 1.46 bits per heavy atom. The van der Waals surface area contributed by atoms with E-state index in [1.807, 2.05) is 27.7 Å². The highest BCUT2D eigenvalue weighted by Gasteiger charge is 1.82. The van der Waals surface area contributed by atoms with Gasteiger partial charge in [0.25, 0.3) is 0 Å². The van der Waals surface area contributed by atoms with Crippen LogP contribution in [0, 0.1) is 0 Å². The molecule has 0 aromatic rings. The number of hydrogen-bond acceptors (Lipinski definition) is 3. The maximum Gasteiger partial charge on any atom is 0.309 e. The zero-order chi connectivity index (χ0) is 10.9. The van der Waals surface area contributed by atoms with Gasteiger partial charge in [0.15, 0.2) is 0 Å². The average Bonchev–Trinajstić information content (AvgIpc) is 1.83. The van der Waals surface area contributed by atoms with Gasteiger partial charge in [-0.25, -0.2) is 14.8 Å². The van der Waals surface area contributed by atoms with Crippen molar-refractivity contribution in [1.82, 2.24) is 0 Å². The van der Waals surface area contributed by atoms with Gasteiger partial charge in [-0.15, -0.1) is 0 Å². The summed E-state index contributed by atoms with van der Waals surface area (Å²) in [4.78, 5) is 16.9. The maximum absolute atomic E-state index is 9.00. The molecule has 4 N–H and O–H groups in total. The minimum absolute atomic E-state index is 0.312. The van der Waals surface area contributed by atoms with Gasteiger partial charge in [-0.2, -0.15) is 0 Å². The third-order valence-electron chi connectivity index (χ3n) is 0.632. The number of nitrogens with two attached hydrogens (primary N) is 2. The fourth-order valence-electron chi connectivity index (χ4n) is 0.264. The second-order valence-corrected chi connectivity index (χ2v) is 2.95. The number of hydrogen-bond donors (Lipinski definition) is 2. The molecule has 76 valence electrons. The Kier molecular flexibility index (Phi) is 9.54. The Labute approximate surface area is 78.9 Å². The van der Waals surface area contributed by atoms with Crippen LogP contribution in [0.1, 0.15) is 27.7 Å². The summed E-state index contributed by atoms with van der Waals surface area (Å²) < 4.78 is 0. The van der Waals surface area contributed by atoms with Crippen molar-refractivity contribution in [2.45, 2.75) is 39.8 Å². The lowest BCUT2D eigenvalue weighted by molar-refractivity contribution is 0.256. The molecule has 0 aliphatic heterocycles. The first kappa shape index (κ1) is 14.2. The van der Waals surface area contributed by atoms with Crippen molar-refractivity contribution in [3.8, 4) is 0 Å².